The third kappa shape index (κ3) is 4.90. The van der Waals surface area contributed by atoms with Gasteiger partial charge in [-0.05, 0) is 43.5 Å². The van der Waals surface area contributed by atoms with E-state index >= 15 is 0 Å². The molecular formula is C16H23ClN2O2. The Kier molecular flexibility index (Phi) is 5.88. The highest BCUT2D eigenvalue weighted by molar-refractivity contribution is 6.32. The van der Waals surface area contributed by atoms with Crippen LogP contribution in [0.2, 0.25) is 5.02 Å². The van der Waals surface area contributed by atoms with Gasteiger partial charge >= 0.3 is 0 Å². The second-order valence-electron chi connectivity index (χ2n) is 5.88. The van der Waals surface area contributed by atoms with E-state index in [1.807, 2.05) is 6.07 Å². The van der Waals surface area contributed by atoms with Crippen LogP contribution in [0.3, 0.4) is 0 Å². The van der Waals surface area contributed by atoms with Crippen molar-refractivity contribution < 1.29 is 9.53 Å². The maximum atomic E-state index is 12.2. The number of anilines is 1. The summed E-state index contributed by atoms with van der Waals surface area (Å²) in [6.07, 6.45) is 1.98. The maximum absolute atomic E-state index is 12.2. The van der Waals surface area contributed by atoms with Gasteiger partial charge in [-0.2, -0.15) is 0 Å². The van der Waals surface area contributed by atoms with Gasteiger partial charge in [-0.3, -0.25) is 4.79 Å². The molecule has 1 unspecified atom stereocenters. The molecule has 0 aliphatic carbocycles. The zero-order valence-electron chi connectivity index (χ0n) is 12.6. The standard InChI is InChI=1S/C16H23ClN2O2/c1-11(2)10-21-15-6-5-13(8-14(15)17)19-16(20)12-4-3-7-18-9-12/h5-6,8,11-12,18H,3-4,7,9-10H2,1-2H3,(H,19,20). The van der Waals surface area contributed by atoms with Crippen molar-refractivity contribution in [1.82, 2.24) is 5.32 Å². The van der Waals surface area contributed by atoms with Crippen molar-refractivity contribution in [3.05, 3.63) is 23.2 Å². The lowest BCUT2D eigenvalue weighted by Crippen LogP contribution is -2.37. The van der Waals surface area contributed by atoms with E-state index in [0.29, 0.717) is 29.0 Å². The molecule has 0 spiro atoms. The van der Waals surface area contributed by atoms with Crippen LogP contribution in [0.25, 0.3) is 0 Å². The van der Waals surface area contributed by atoms with Crippen LogP contribution in [0.15, 0.2) is 18.2 Å². The van der Waals surface area contributed by atoms with Crippen molar-refractivity contribution in [3.63, 3.8) is 0 Å². The summed E-state index contributed by atoms with van der Waals surface area (Å²) in [5.74, 6) is 1.19. The van der Waals surface area contributed by atoms with E-state index in [0.717, 1.165) is 25.9 Å². The van der Waals surface area contributed by atoms with Crippen LogP contribution in [0.1, 0.15) is 26.7 Å². The zero-order chi connectivity index (χ0) is 15.2. The number of amides is 1. The molecule has 2 rings (SSSR count). The third-order valence-electron chi connectivity index (χ3n) is 3.44. The molecule has 0 bridgehead atoms. The lowest BCUT2D eigenvalue weighted by atomic mass is 9.99. The molecular weight excluding hydrogens is 288 g/mol. The minimum Gasteiger partial charge on any atom is -0.492 e. The van der Waals surface area contributed by atoms with Crippen LogP contribution in [0.5, 0.6) is 5.75 Å². The van der Waals surface area contributed by atoms with Crippen molar-refractivity contribution in [2.24, 2.45) is 11.8 Å². The van der Waals surface area contributed by atoms with Crippen LogP contribution in [0.4, 0.5) is 5.69 Å². The van der Waals surface area contributed by atoms with Gasteiger partial charge in [0.15, 0.2) is 0 Å². The third-order valence-corrected chi connectivity index (χ3v) is 3.73. The number of halogens is 1. The highest BCUT2D eigenvalue weighted by Gasteiger charge is 2.21. The van der Waals surface area contributed by atoms with Gasteiger partial charge in [0.1, 0.15) is 5.75 Å². The van der Waals surface area contributed by atoms with E-state index in [-0.39, 0.29) is 11.8 Å². The second-order valence-corrected chi connectivity index (χ2v) is 6.29. The summed E-state index contributed by atoms with van der Waals surface area (Å²) in [5, 5.41) is 6.69. The summed E-state index contributed by atoms with van der Waals surface area (Å²) in [7, 11) is 0. The number of benzene rings is 1. The lowest BCUT2D eigenvalue weighted by molar-refractivity contribution is -0.120. The first-order valence-electron chi connectivity index (χ1n) is 7.50. The van der Waals surface area contributed by atoms with Crippen LogP contribution >= 0.6 is 11.6 Å². The normalized spacial score (nSPS) is 18.6. The average Bonchev–Trinajstić information content (AvgIpc) is 2.47. The Morgan fingerprint density at radius 1 is 1.52 bits per heavy atom. The van der Waals surface area contributed by atoms with Crippen molar-refractivity contribution in [1.29, 1.82) is 0 Å². The number of piperidine rings is 1. The van der Waals surface area contributed by atoms with Gasteiger partial charge in [0.05, 0.1) is 17.5 Å². The van der Waals surface area contributed by atoms with Gasteiger partial charge in [-0.1, -0.05) is 25.4 Å². The van der Waals surface area contributed by atoms with Crippen LogP contribution in [-0.2, 0) is 4.79 Å². The van der Waals surface area contributed by atoms with E-state index in [4.69, 9.17) is 16.3 Å². The number of hydrogen-bond acceptors (Lipinski definition) is 3. The predicted molar refractivity (Wildman–Crippen MR) is 86.0 cm³/mol. The smallest absolute Gasteiger partial charge is 0.228 e. The second kappa shape index (κ2) is 7.66. The maximum Gasteiger partial charge on any atom is 0.228 e. The molecule has 21 heavy (non-hydrogen) atoms. The van der Waals surface area contributed by atoms with E-state index in [2.05, 4.69) is 24.5 Å². The topological polar surface area (TPSA) is 50.4 Å². The fourth-order valence-corrected chi connectivity index (χ4v) is 2.51. The molecule has 116 valence electrons. The summed E-state index contributed by atoms with van der Waals surface area (Å²) in [4.78, 5) is 12.2. The monoisotopic (exact) mass is 310 g/mol. The van der Waals surface area contributed by atoms with Gasteiger partial charge in [0.2, 0.25) is 5.91 Å². The Hall–Kier alpha value is -1.26. The van der Waals surface area contributed by atoms with Crippen LogP contribution in [-0.4, -0.2) is 25.6 Å². The molecule has 0 radical (unpaired) electrons. The average molecular weight is 311 g/mol. The van der Waals surface area contributed by atoms with Gasteiger partial charge in [-0.15, -0.1) is 0 Å². The Morgan fingerprint density at radius 2 is 2.33 bits per heavy atom. The van der Waals surface area contributed by atoms with E-state index in [1.165, 1.54) is 0 Å². The SMILES string of the molecule is CC(C)COc1ccc(NC(=O)C2CCCNC2)cc1Cl. The Balaban J connectivity index is 1.94. The number of carbonyl (C=O) groups excluding carboxylic acids is 1. The molecule has 1 saturated heterocycles. The molecule has 1 aliphatic rings. The fraction of sp³-hybridized carbons (Fsp3) is 0.562. The van der Waals surface area contributed by atoms with Gasteiger partial charge in [-0.25, -0.2) is 0 Å². The molecule has 1 heterocycles. The molecule has 0 aromatic heterocycles. The first-order valence-corrected chi connectivity index (χ1v) is 7.88. The van der Waals surface area contributed by atoms with Gasteiger partial charge in [0, 0.05) is 12.2 Å². The predicted octanol–water partition coefficient (Wildman–Crippen LogP) is 3.31. The van der Waals surface area contributed by atoms with Crippen molar-refractivity contribution in [2.45, 2.75) is 26.7 Å². The molecule has 5 heteroatoms. The van der Waals surface area contributed by atoms with Crippen LogP contribution < -0.4 is 15.4 Å². The largest absolute Gasteiger partial charge is 0.492 e. The van der Waals surface area contributed by atoms with E-state index in [9.17, 15) is 4.79 Å². The molecule has 0 saturated carbocycles. The van der Waals surface area contributed by atoms with Crippen molar-refractivity contribution >= 4 is 23.2 Å². The summed E-state index contributed by atoms with van der Waals surface area (Å²) in [6.45, 7) is 6.53. The number of ether oxygens (including phenoxy) is 1. The molecule has 1 aromatic rings. The minimum atomic E-state index is 0.0365. The highest BCUT2D eigenvalue weighted by Crippen LogP contribution is 2.28. The minimum absolute atomic E-state index is 0.0365. The number of nitrogens with one attached hydrogen (secondary N) is 2. The number of hydrogen-bond donors (Lipinski definition) is 2. The fourth-order valence-electron chi connectivity index (χ4n) is 2.27. The first kappa shape index (κ1) is 16.1. The summed E-state index contributed by atoms with van der Waals surface area (Å²) in [6, 6.07) is 5.38. The van der Waals surface area contributed by atoms with Crippen molar-refractivity contribution in [2.75, 3.05) is 25.0 Å². The highest BCUT2D eigenvalue weighted by atomic mass is 35.5. The van der Waals surface area contributed by atoms with Crippen LogP contribution in [0, 0.1) is 11.8 Å². The van der Waals surface area contributed by atoms with E-state index in [1.54, 1.807) is 12.1 Å². The first-order chi connectivity index (χ1) is 10.1. The van der Waals surface area contributed by atoms with Gasteiger partial charge < -0.3 is 15.4 Å². The molecule has 1 fully saturated rings. The molecule has 4 nitrogen and oxygen atoms in total. The summed E-state index contributed by atoms with van der Waals surface area (Å²) in [5.41, 5.74) is 0.715. The summed E-state index contributed by atoms with van der Waals surface area (Å²) >= 11 is 6.19. The Morgan fingerprint density at radius 3 is 2.95 bits per heavy atom. The Bertz CT molecular complexity index is 485. The lowest BCUT2D eigenvalue weighted by Gasteiger charge is -2.22. The van der Waals surface area contributed by atoms with Crippen molar-refractivity contribution in [3.8, 4) is 5.75 Å². The molecule has 1 amide bonds. The van der Waals surface area contributed by atoms with E-state index < -0.39 is 0 Å². The number of carbonyl (C=O) groups is 1. The molecule has 1 atom stereocenters. The zero-order valence-corrected chi connectivity index (χ0v) is 13.4. The molecule has 2 N–H and O–H groups in total. The molecule has 1 aromatic carbocycles. The van der Waals surface area contributed by atoms with Gasteiger partial charge in [0.25, 0.3) is 0 Å². The Labute approximate surface area is 131 Å². The summed E-state index contributed by atoms with van der Waals surface area (Å²) < 4.78 is 5.62. The quantitative estimate of drug-likeness (QED) is 0.877. The number of rotatable bonds is 5. The molecule has 1 aliphatic heterocycles.